The second kappa shape index (κ2) is 5.37. The van der Waals surface area contributed by atoms with Crippen molar-refractivity contribution in [2.75, 3.05) is 0 Å². The van der Waals surface area contributed by atoms with Crippen LogP contribution in [0.3, 0.4) is 0 Å². The first-order chi connectivity index (χ1) is 8.20. The lowest BCUT2D eigenvalue weighted by molar-refractivity contribution is 0.776. The summed E-state index contributed by atoms with van der Waals surface area (Å²) in [6, 6.07) is 16.9. The lowest BCUT2D eigenvalue weighted by atomic mass is 9.88. The molecule has 0 radical (unpaired) electrons. The van der Waals surface area contributed by atoms with Crippen molar-refractivity contribution in [2.24, 2.45) is 0 Å². The molecule has 2 aromatic carbocycles. The van der Waals surface area contributed by atoms with E-state index in [0.717, 1.165) is 11.4 Å². The first-order valence-corrected chi connectivity index (χ1v) is 6.40. The highest BCUT2D eigenvalue weighted by Gasteiger charge is 2.12. The smallest absolute Gasteiger partial charge is 0.0408 e. The molecule has 2 rings (SSSR count). The predicted molar refractivity (Wildman–Crippen MR) is 74.8 cm³/mol. The fourth-order valence-corrected chi connectivity index (χ4v) is 2.47. The Bertz CT molecular complexity index is 457. The van der Waals surface area contributed by atoms with Gasteiger partial charge in [-0.1, -0.05) is 60.5 Å². The van der Waals surface area contributed by atoms with Crippen molar-refractivity contribution < 1.29 is 0 Å². The molecule has 0 fully saturated rings. The maximum Gasteiger partial charge on any atom is 0.0408 e. The highest BCUT2D eigenvalue weighted by atomic mass is 35.5. The van der Waals surface area contributed by atoms with E-state index in [1.54, 1.807) is 0 Å². The fraction of sp³-hybridized carbons (Fsp3) is 0.250. The maximum absolute atomic E-state index is 6.06. The number of benzene rings is 2. The average molecular weight is 245 g/mol. The number of halogens is 1. The summed E-state index contributed by atoms with van der Waals surface area (Å²) < 4.78 is 0. The lowest BCUT2D eigenvalue weighted by Gasteiger charge is -2.16. The Morgan fingerprint density at radius 1 is 1.00 bits per heavy atom. The highest BCUT2D eigenvalue weighted by molar-refractivity contribution is 6.30. The van der Waals surface area contributed by atoms with E-state index in [1.807, 2.05) is 12.1 Å². The lowest BCUT2D eigenvalue weighted by Crippen LogP contribution is -1.99. The van der Waals surface area contributed by atoms with Gasteiger partial charge in [-0.25, -0.2) is 0 Å². The van der Waals surface area contributed by atoms with E-state index in [2.05, 4.69) is 50.2 Å². The topological polar surface area (TPSA) is 0 Å². The van der Waals surface area contributed by atoms with Crippen LogP contribution in [0, 0.1) is 6.92 Å². The molecule has 0 bridgehead atoms. The summed E-state index contributed by atoms with van der Waals surface area (Å²) in [5.74, 6) is 0.439. The Kier molecular flexibility index (Phi) is 3.86. The minimum absolute atomic E-state index is 0.439. The van der Waals surface area contributed by atoms with Crippen LogP contribution in [0.1, 0.15) is 36.0 Å². The van der Waals surface area contributed by atoms with Crippen LogP contribution in [0.2, 0.25) is 5.02 Å². The minimum atomic E-state index is 0.439. The summed E-state index contributed by atoms with van der Waals surface area (Å²) in [5.41, 5.74) is 3.98. The number of hydrogen-bond donors (Lipinski definition) is 0. The van der Waals surface area contributed by atoms with Gasteiger partial charge >= 0.3 is 0 Å². The minimum Gasteiger partial charge on any atom is -0.0843 e. The third kappa shape index (κ3) is 2.89. The van der Waals surface area contributed by atoms with Gasteiger partial charge in [0.15, 0.2) is 0 Å². The van der Waals surface area contributed by atoms with Gasteiger partial charge in [0.1, 0.15) is 0 Å². The zero-order valence-corrected chi connectivity index (χ0v) is 11.0. The Morgan fingerprint density at radius 3 is 2.24 bits per heavy atom. The monoisotopic (exact) mass is 244 g/mol. The molecule has 2 aromatic rings. The van der Waals surface area contributed by atoms with Crippen molar-refractivity contribution in [3.05, 3.63) is 70.2 Å². The molecule has 0 N–H and O–H groups in total. The number of hydrogen-bond acceptors (Lipinski definition) is 0. The first kappa shape index (κ1) is 12.2. The van der Waals surface area contributed by atoms with Crippen molar-refractivity contribution >= 4 is 11.6 Å². The molecule has 1 heteroatoms. The summed E-state index contributed by atoms with van der Waals surface area (Å²) in [4.78, 5) is 0. The predicted octanol–water partition coefficient (Wildman–Crippen LogP) is 5.19. The van der Waals surface area contributed by atoms with Gasteiger partial charge in [0.05, 0.1) is 0 Å². The van der Waals surface area contributed by atoms with Crippen LogP contribution in [0.15, 0.2) is 48.5 Å². The standard InChI is InChI=1S/C16H17Cl/c1-3-16(13-7-4-6-12(2)10-13)14-8-5-9-15(17)11-14/h4-11,16H,3H2,1-2H3. The van der Waals surface area contributed by atoms with E-state index in [4.69, 9.17) is 11.6 Å². The second-order valence-corrected chi connectivity index (χ2v) is 4.87. The van der Waals surface area contributed by atoms with Crippen molar-refractivity contribution in [1.29, 1.82) is 0 Å². The Labute approximate surface area is 108 Å². The molecule has 17 heavy (non-hydrogen) atoms. The summed E-state index contributed by atoms with van der Waals surface area (Å²) >= 11 is 6.06. The van der Waals surface area contributed by atoms with Crippen LogP contribution in [0.5, 0.6) is 0 Å². The summed E-state index contributed by atoms with van der Waals surface area (Å²) in [7, 11) is 0. The van der Waals surface area contributed by atoms with E-state index in [0.29, 0.717) is 5.92 Å². The molecule has 1 atom stereocenters. The Hall–Kier alpha value is -1.27. The van der Waals surface area contributed by atoms with E-state index < -0.39 is 0 Å². The molecule has 88 valence electrons. The molecule has 0 aliphatic heterocycles. The zero-order valence-electron chi connectivity index (χ0n) is 10.3. The molecular weight excluding hydrogens is 228 g/mol. The van der Waals surface area contributed by atoms with E-state index in [9.17, 15) is 0 Å². The molecule has 0 saturated heterocycles. The zero-order chi connectivity index (χ0) is 12.3. The van der Waals surface area contributed by atoms with Gasteiger partial charge in [-0.15, -0.1) is 0 Å². The van der Waals surface area contributed by atoms with Crippen molar-refractivity contribution in [3.8, 4) is 0 Å². The van der Waals surface area contributed by atoms with Gasteiger partial charge < -0.3 is 0 Å². The third-order valence-electron chi connectivity index (χ3n) is 3.10. The van der Waals surface area contributed by atoms with E-state index >= 15 is 0 Å². The van der Waals surface area contributed by atoms with Crippen LogP contribution >= 0.6 is 11.6 Å². The van der Waals surface area contributed by atoms with Crippen molar-refractivity contribution in [2.45, 2.75) is 26.2 Å². The normalized spacial score (nSPS) is 12.4. The summed E-state index contributed by atoms with van der Waals surface area (Å²) in [6.07, 6.45) is 1.09. The summed E-state index contributed by atoms with van der Waals surface area (Å²) in [5, 5.41) is 0.814. The van der Waals surface area contributed by atoms with Gasteiger partial charge in [-0.3, -0.25) is 0 Å². The third-order valence-corrected chi connectivity index (χ3v) is 3.34. The number of rotatable bonds is 3. The van der Waals surface area contributed by atoms with Gasteiger partial charge in [-0.05, 0) is 36.6 Å². The van der Waals surface area contributed by atoms with Gasteiger partial charge in [-0.2, -0.15) is 0 Å². The largest absolute Gasteiger partial charge is 0.0843 e. The highest BCUT2D eigenvalue weighted by Crippen LogP contribution is 2.29. The molecule has 0 aromatic heterocycles. The second-order valence-electron chi connectivity index (χ2n) is 4.43. The van der Waals surface area contributed by atoms with Crippen LogP contribution in [0.4, 0.5) is 0 Å². The first-order valence-electron chi connectivity index (χ1n) is 6.02. The van der Waals surface area contributed by atoms with Gasteiger partial charge in [0.2, 0.25) is 0 Å². The van der Waals surface area contributed by atoms with Crippen LogP contribution in [-0.2, 0) is 0 Å². The fourth-order valence-electron chi connectivity index (χ4n) is 2.27. The van der Waals surface area contributed by atoms with Crippen molar-refractivity contribution in [3.63, 3.8) is 0 Å². The molecule has 0 aliphatic carbocycles. The Balaban J connectivity index is 2.40. The van der Waals surface area contributed by atoms with Gasteiger partial charge in [0.25, 0.3) is 0 Å². The van der Waals surface area contributed by atoms with Crippen molar-refractivity contribution in [1.82, 2.24) is 0 Å². The maximum atomic E-state index is 6.06. The average Bonchev–Trinajstić information content (AvgIpc) is 2.30. The molecule has 0 heterocycles. The SMILES string of the molecule is CCC(c1cccc(C)c1)c1cccc(Cl)c1. The molecule has 1 unspecified atom stereocenters. The molecule has 0 amide bonds. The molecule has 0 spiro atoms. The molecule has 0 aliphatic rings. The van der Waals surface area contributed by atoms with E-state index in [1.165, 1.54) is 16.7 Å². The van der Waals surface area contributed by atoms with Gasteiger partial charge in [0, 0.05) is 10.9 Å². The Morgan fingerprint density at radius 2 is 1.65 bits per heavy atom. The molecule has 0 nitrogen and oxygen atoms in total. The summed E-state index contributed by atoms with van der Waals surface area (Å²) in [6.45, 7) is 4.35. The molecular formula is C16H17Cl. The van der Waals surface area contributed by atoms with Crippen LogP contribution in [-0.4, -0.2) is 0 Å². The molecule has 0 saturated carbocycles. The number of aryl methyl sites for hydroxylation is 1. The van der Waals surface area contributed by atoms with E-state index in [-0.39, 0.29) is 0 Å². The van der Waals surface area contributed by atoms with Crippen LogP contribution in [0.25, 0.3) is 0 Å². The quantitative estimate of drug-likeness (QED) is 0.697. The van der Waals surface area contributed by atoms with Crippen LogP contribution < -0.4 is 0 Å².